The zero-order valence-electron chi connectivity index (χ0n) is 12.4. The molecule has 1 heterocycles. The van der Waals surface area contributed by atoms with Crippen molar-refractivity contribution in [1.29, 1.82) is 0 Å². The fraction of sp³-hybridized carbons (Fsp3) is 0.111. The molecule has 0 bridgehead atoms. The number of nitrogens with one attached hydrogen (secondary N) is 1. The van der Waals surface area contributed by atoms with E-state index in [0.717, 1.165) is 5.56 Å². The molecular formula is C18H15FN2O. The molecule has 3 nitrogen and oxygen atoms in total. The largest absolute Gasteiger partial charge is 0.322 e. The Hall–Kier alpha value is -2.75. The summed E-state index contributed by atoms with van der Waals surface area (Å²) in [6, 6.07) is 13.5. The third-order valence-corrected chi connectivity index (χ3v) is 3.42. The SMILES string of the molecule is Cc1cccc(NC(=O)c2cc(C)nc3ccc(F)cc23)c1. The fourth-order valence-electron chi connectivity index (χ4n) is 2.44. The summed E-state index contributed by atoms with van der Waals surface area (Å²) in [7, 11) is 0. The van der Waals surface area contributed by atoms with Crippen LogP contribution in [0.1, 0.15) is 21.6 Å². The Morgan fingerprint density at radius 1 is 1.09 bits per heavy atom. The molecule has 0 aliphatic carbocycles. The van der Waals surface area contributed by atoms with Crippen LogP contribution in [0.5, 0.6) is 0 Å². The van der Waals surface area contributed by atoms with E-state index in [1.165, 1.54) is 12.1 Å². The summed E-state index contributed by atoms with van der Waals surface area (Å²) in [5.41, 5.74) is 3.51. The van der Waals surface area contributed by atoms with E-state index in [0.29, 0.717) is 27.8 Å². The quantitative estimate of drug-likeness (QED) is 0.768. The molecule has 2 aromatic carbocycles. The van der Waals surface area contributed by atoms with Crippen molar-refractivity contribution < 1.29 is 9.18 Å². The number of amides is 1. The van der Waals surface area contributed by atoms with Gasteiger partial charge in [-0.3, -0.25) is 9.78 Å². The van der Waals surface area contributed by atoms with Crippen LogP contribution in [0.3, 0.4) is 0 Å². The molecule has 0 atom stereocenters. The first-order chi connectivity index (χ1) is 10.5. The van der Waals surface area contributed by atoms with Gasteiger partial charge in [0.25, 0.3) is 5.91 Å². The minimum Gasteiger partial charge on any atom is -0.322 e. The highest BCUT2D eigenvalue weighted by Crippen LogP contribution is 2.21. The molecule has 1 N–H and O–H groups in total. The van der Waals surface area contributed by atoms with Gasteiger partial charge in [0.2, 0.25) is 0 Å². The maximum atomic E-state index is 13.5. The molecule has 110 valence electrons. The predicted molar refractivity (Wildman–Crippen MR) is 85.6 cm³/mol. The summed E-state index contributed by atoms with van der Waals surface area (Å²) in [6.07, 6.45) is 0. The summed E-state index contributed by atoms with van der Waals surface area (Å²) in [6.45, 7) is 3.77. The monoisotopic (exact) mass is 294 g/mol. The number of aryl methyl sites for hydroxylation is 2. The molecule has 0 aliphatic heterocycles. The molecule has 0 saturated carbocycles. The van der Waals surface area contributed by atoms with E-state index in [1.807, 2.05) is 38.1 Å². The Kier molecular flexibility index (Phi) is 3.59. The van der Waals surface area contributed by atoms with Gasteiger partial charge in [0.1, 0.15) is 5.82 Å². The molecule has 0 aliphatic rings. The number of hydrogen-bond donors (Lipinski definition) is 1. The predicted octanol–water partition coefficient (Wildman–Crippen LogP) is 4.24. The van der Waals surface area contributed by atoms with Gasteiger partial charge in [-0.05, 0) is 55.8 Å². The Bertz CT molecular complexity index is 874. The second-order valence-electron chi connectivity index (χ2n) is 5.30. The Labute approximate surface area is 127 Å². The van der Waals surface area contributed by atoms with E-state index in [2.05, 4.69) is 10.3 Å². The van der Waals surface area contributed by atoms with Gasteiger partial charge in [-0.15, -0.1) is 0 Å². The van der Waals surface area contributed by atoms with Gasteiger partial charge in [-0.25, -0.2) is 4.39 Å². The van der Waals surface area contributed by atoms with Crippen molar-refractivity contribution in [2.75, 3.05) is 5.32 Å². The van der Waals surface area contributed by atoms with Crippen molar-refractivity contribution in [1.82, 2.24) is 4.98 Å². The summed E-state index contributed by atoms with van der Waals surface area (Å²) in [5.74, 6) is -0.658. The van der Waals surface area contributed by atoms with Gasteiger partial charge in [-0.2, -0.15) is 0 Å². The van der Waals surface area contributed by atoms with Crippen molar-refractivity contribution in [2.24, 2.45) is 0 Å². The van der Waals surface area contributed by atoms with Crippen molar-refractivity contribution >= 4 is 22.5 Å². The van der Waals surface area contributed by atoms with Crippen LogP contribution in [-0.2, 0) is 0 Å². The van der Waals surface area contributed by atoms with Crippen LogP contribution in [0.4, 0.5) is 10.1 Å². The van der Waals surface area contributed by atoms with Crippen LogP contribution < -0.4 is 5.32 Å². The lowest BCUT2D eigenvalue weighted by molar-refractivity contribution is 0.102. The number of fused-ring (bicyclic) bond motifs is 1. The van der Waals surface area contributed by atoms with Gasteiger partial charge < -0.3 is 5.32 Å². The fourth-order valence-corrected chi connectivity index (χ4v) is 2.44. The van der Waals surface area contributed by atoms with Gasteiger partial charge >= 0.3 is 0 Å². The first-order valence-corrected chi connectivity index (χ1v) is 6.98. The van der Waals surface area contributed by atoms with Crippen LogP contribution in [0.2, 0.25) is 0 Å². The maximum Gasteiger partial charge on any atom is 0.256 e. The first-order valence-electron chi connectivity index (χ1n) is 6.98. The number of halogens is 1. The second kappa shape index (κ2) is 5.56. The molecule has 1 amide bonds. The zero-order chi connectivity index (χ0) is 15.7. The number of hydrogen-bond acceptors (Lipinski definition) is 2. The number of benzene rings is 2. The molecular weight excluding hydrogens is 279 g/mol. The van der Waals surface area contributed by atoms with Crippen LogP contribution in [-0.4, -0.2) is 10.9 Å². The first kappa shape index (κ1) is 14.2. The van der Waals surface area contributed by atoms with Gasteiger partial charge in [-0.1, -0.05) is 12.1 Å². The average molecular weight is 294 g/mol. The van der Waals surface area contributed by atoms with Crippen molar-refractivity contribution in [3.05, 3.63) is 71.2 Å². The number of aromatic nitrogens is 1. The van der Waals surface area contributed by atoms with Gasteiger partial charge in [0.15, 0.2) is 0 Å². The van der Waals surface area contributed by atoms with E-state index in [-0.39, 0.29) is 11.7 Å². The van der Waals surface area contributed by atoms with Gasteiger partial charge in [0.05, 0.1) is 11.1 Å². The Balaban J connectivity index is 2.05. The second-order valence-corrected chi connectivity index (χ2v) is 5.30. The number of nitrogens with zero attached hydrogens (tertiary/aromatic N) is 1. The van der Waals surface area contributed by atoms with E-state index >= 15 is 0 Å². The highest BCUT2D eigenvalue weighted by atomic mass is 19.1. The van der Waals surface area contributed by atoms with Crippen molar-refractivity contribution in [3.63, 3.8) is 0 Å². The smallest absolute Gasteiger partial charge is 0.256 e. The van der Waals surface area contributed by atoms with E-state index in [4.69, 9.17) is 0 Å². The molecule has 0 radical (unpaired) electrons. The highest BCUT2D eigenvalue weighted by molar-refractivity contribution is 6.12. The third-order valence-electron chi connectivity index (χ3n) is 3.42. The topological polar surface area (TPSA) is 42.0 Å². The maximum absolute atomic E-state index is 13.5. The van der Waals surface area contributed by atoms with Crippen molar-refractivity contribution in [3.8, 4) is 0 Å². The highest BCUT2D eigenvalue weighted by Gasteiger charge is 2.13. The van der Waals surface area contributed by atoms with E-state index in [1.54, 1.807) is 12.1 Å². The molecule has 3 aromatic rings. The standard InChI is InChI=1S/C18H15FN2O/c1-11-4-3-5-14(8-11)21-18(22)16-9-12(2)20-17-7-6-13(19)10-15(16)17/h3-10H,1-2H3,(H,21,22). The molecule has 1 aromatic heterocycles. The molecule has 3 rings (SSSR count). The summed E-state index contributed by atoms with van der Waals surface area (Å²) in [5, 5.41) is 3.36. The lowest BCUT2D eigenvalue weighted by Crippen LogP contribution is -2.13. The van der Waals surface area contributed by atoms with Crippen LogP contribution in [0, 0.1) is 19.7 Å². The Morgan fingerprint density at radius 2 is 1.91 bits per heavy atom. The van der Waals surface area contributed by atoms with Gasteiger partial charge in [0, 0.05) is 16.8 Å². The van der Waals surface area contributed by atoms with Crippen LogP contribution >= 0.6 is 0 Å². The summed E-state index contributed by atoms with van der Waals surface area (Å²) in [4.78, 5) is 16.9. The number of pyridine rings is 1. The zero-order valence-corrected chi connectivity index (χ0v) is 12.4. The third kappa shape index (κ3) is 2.81. The molecule has 0 spiro atoms. The van der Waals surface area contributed by atoms with Crippen LogP contribution in [0.25, 0.3) is 10.9 Å². The molecule has 22 heavy (non-hydrogen) atoms. The molecule has 0 unspecified atom stereocenters. The minimum absolute atomic E-state index is 0.272. The van der Waals surface area contributed by atoms with Crippen LogP contribution in [0.15, 0.2) is 48.5 Å². The molecule has 0 fully saturated rings. The molecule has 4 heteroatoms. The normalized spacial score (nSPS) is 10.7. The number of rotatable bonds is 2. The van der Waals surface area contributed by atoms with Crippen molar-refractivity contribution in [2.45, 2.75) is 13.8 Å². The summed E-state index contributed by atoms with van der Waals surface area (Å²) >= 11 is 0. The average Bonchev–Trinajstić information content (AvgIpc) is 2.47. The Morgan fingerprint density at radius 3 is 2.68 bits per heavy atom. The van der Waals surface area contributed by atoms with E-state index < -0.39 is 0 Å². The number of anilines is 1. The van der Waals surface area contributed by atoms with E-state index in [9.17, 15) is 9.18 Å². The lowest BCUT2D eigenvalue weighted by Gasteiger charge is -2.09. The summed E-state index contributed by atoms with van der Waals surface area (Å²) < 4.78 is 13.5. The lowest BCUT2D eigenvalue weighted by atomic mass is 10.1. The minimum atomic E-state index is -0.386. The number of carbonyl (C=O) groups is 1. The number of carbonyl (C=O) groups excluding carboxylic acids is 1. The molecule has 0 saturated heterocycles.